The first-order chi connectivity index (χ1) is 12.3. The fraction of sp³-hybridized carbons (Fsp3) is 0.474. The molecular weight excluding hydrogens is 326 g/mol. The van der Waals surface area contributed by atoms with Gasteiger partial charge in [-0.2, -0.15) is 5.10 Å². The summed E-state index contributed by atoms with van der Waals surface area (Å²) in [4.78, 5) is 7.01. The average Bonchev–Trinajstić information content (AvgIpc) is 2.87. The van der Waals surface area contributed by atoms with Crippen LogP contribution in [-0.2, 0) is 19.3 Å². The van der Waals surface area contributed by atoms with Crippen LogP contribution in [0.15, 0.2) is 23.2 Å². The maximum atomic E-state index is 6.66. The summed E-state index contributed by atoms with van der Waals surface area (Å²) in [5.41, 5.74) is 17.1. The Morgan fingerprint density at radius 2 is 2.08 bits per heavy atom. The zero-order valence-corrected chi connectivity index (χ0v) is 15.8. The zero-order valence-electron chi connectivity index (χ0n) is 15.8. The molecule has 26 heavy (non-hydrogen) atoms. The molecule has 1 aromatic carbocycles. The van der Waals surface area contributed by atoms with E-state index >= 15 is 0 Å². The van der Waals surface area contributed by atoms with Crippen molar-refractivity contribution < 1.29 is 0 Å². The van der Waals surface area contributed by atoms with Gasteiger partial charge < -0.3 is 11.1 Å². The predicted octanol–water partition coefficient (Wildman–Crippen LogP) is 1.80. The van der Waals surface area contributed by atoms with Crippen LogP contribution in [0, 0.1) is 5.92 Å². The molecule has 7 nitrogen and oxygen atoms in total. The van der Waals surface area contributed by atoms with E-state index in [1.807, 2.05) is 7.05 Å². The third kappa shape index (κ3) is 2.50. The molecule has 0 amide bonds. The van der Waals surface area contributed by atoms with Crippen LogP contribution < -0.4 is 16.8 Å². The van der Waals surface area contributed by atoms with Crippen LogP contribution >= 0.6 is 0 Å². The zero-order chi connectivity index (χ0) is 18.6. The number of hydrogen-bond acceptors (Lipinski definition) is 6. The highest BCUT2D eigenvalue weighted by Gasteiger charge is 2.35. The second-order valence-electron chi connectivity index (χ2n) is 7.75. The first-order valence-electron chi connectivity index (χ1n) is 9.08. The van der Waals surface area contributed by atoms with Gasteiger partial charge in [-0.3, -0.25) is 15.3 Å². The molecular formula is C19H27N7. The summed E-state index contributed by atoms with van der Waals surface area (Å²) < 4.78 is 1.71. The van der Waals surface area contributed by atoms with E-state index in [0.717, 1.165) is 29.9 Å². The number of likely N-dealkylation sites (N-methyl/N-ethyl adjacent to an activating group) is 1. The summed E-state index contributed by atoms with van der Waals surface area (Å²) in [6.45, 7) is 5.61. The van der Waals surface area contributed by atoms with Gasteiger partial charge in [-0.25, -0.2) is 4.99 Å². The van der Waals surface area contributed by atoms with Crippen LogP contribution in [0.25, 0.3) is 0 Å². The SMILES string of the molecule is CC(C)C1c2cc(C3(N)N=Cc4c(N)nn(C)c4N3)ccc2CCN1C. The molecule has 138 valence electrons. The minimum atomic E-state index is -1.03. The van der Waals surface area contributed by atoms with Crippen molar-refractivity contribution in [3.05, 3.63) is 40.5 Å². The van der Waals surface area contributed by atoms with Gasteiger partial charge in [0.05, 0.1) is 5.56 Å². The van der Waals surface area contributed by atoms with Gasteiger partial charge in [-0.15, -0.1) is 0 Å². The number of fused-ring (bicyclic) bond motifs is 2. The van der Waals surface area contributed by atoms with E-state index in [1.54, 1.807) is 10.9 Å². The molecule has 0 saturated carbocycles. The number of aliphatic imine (C=N–C) groups is 1. The average molecular weight is 353 g/mol. The molecule has 2 aliphatic rings. The Labute approximate surface area is 154 Å². The van der Waals surface area contributed by atoms with E-state index in [2.05, 4.69) is 59.4 Å². The summed E-state index contributed by atoms with van der Waals surface area (Å²) in [6.07, 6.45) is 2.78. The maximum absolute atomic E-state index is 6.66. The molecule has 1 aromatic heterocycles. The third-order valence-electron chi connectivity index (χ3n) is 5.56. The number of nitrogen functional groups attached to an aromatic ring is 1. The summed E-state index contributed by atoms with van der Waals surface area (Å²) in [5, 5.41) is 7.57. The molecule has 2 aromatic rings. The van der Waals surface area contributed by atoms with Gasteiger partial charge in [-0.05, 0) is 36.6 Å². The summed E-state index contributed by atoms with van der Waals surface area (Å²) in [5.74, 6) is 0.733. The highest BCUT2D eigenvalue weighted by atomic mass is 15.4. The maximum Gasteiger partial charge on any atom is 0.210 e. The van der Waals surface area contributed by atoms with E-state index in [1.165, 1.54) is 11.1 Å². The molecule has 2 unspecified atom stereocenters. The Balaban J connectivity index is 1.77. The summed E-state index contributed by atoms with van der Waals surface area (Å²) in [6, 6.07) is 6.88. The fourth-order valence-electron chi connectivity index (χ4n) is 4.24. The molecule has 5 N–H and O–H groups in total. The predicted molar refractivity (Wildman–Crippen MR) is 105 cm³/mol. The number of nitrogens with two attached hydrogens (primary N) is 2. The van der Waals surface area contributed by atoms with Gasteiger partial charge in [-0.1, -0.05) is 26.0 Å². The van der Waals surface area contributed by atoms with Gasteiger partial charge in [0.15, 0.2) is 5.82 Å². The largest absolute Gasteiger partial charge is 0.382 e. The van der Waals surface area contributed by atoms with Crippen LogP contribution in [0.4, 0.5) is 11.6 Å². The molecule has 0 radical (unpaired) electrons. The highest BCUT2D eigenvalue weighted by Crippen LogP contribution is 2.38. The molecule has 0 fully saturated rings. The van der Waals surface area contributed by atoms with Crippen molar-refractivity contribution in [1.29, 1.82) is 0 Å². The molecule has 7 heteroatoms. The molecule has 0 bridgehead atoms. The molecule has 0 saturated heterocycles. The minimum Gasteiger partial charge on any atom is -0.382 e. The highest BCUT2D eigenvalue weighted by molar-refractivity contribution is 5.94. The van der Waals surface area contributed by atoms with E-state index in [9.17, 15) is 0 Å². The molecule has 2 atom stereocenters. The van der Waals surface area contributed by atoms with Crippen molar-refractivity contribution in [2.75, 3.05) is 24.6 Å². The molecule has 2 aliphatic heterocycles. The van der Waals surface area contributed by atoms with Gasteiger partial charge in [0.25, 0.3) is 0 Å². The van der Waals surface area contributed by atoms with E-state index < -0.39 is 5.79 Å². The number of anilines is 2. The second-order valence-corrected chi connectivity index (χ2v) is 7.75. The number of nitrogens with one attached hydrogen (secondary N) is 1. The van der Waals surface area contributed by atoms with Crippen molar-refractivity contribution in [2.45, 2.75) is 32.1 Å². The monoisotopic (exact) mass is 353 g/mol. The first-order valence-corrected chi connectivity index (χ1v) is 9.08. The van der Waals surface area contributed by atoms with Crippen molar-refractivity contribution in [3.63, 3.8) is 0 Å². The quantitative estimate of drug-likeness (QED) is 0.765. The van der Waals surface area contributed by atoms with Crippen LogP contribution in [0.3, 0.4) is 0 Å². The minimum absolute atomic E-state index is 0.387. The van der Waals surface area contributed by atoms with E-state index in [4.69, 9.17) is 11.5 Å². The first kappa shape index (κ1) is 17.1. The van der Waals surface area contributed by atoms with Crippen molar-refractivity contribution in [2.24, 2.45) is 23.7 Å². The standard InChI is InChI=1S/C19H27N7/c1-11(2)16-14-9-13(6-5-12(14)7-8-25(16)3)19(21)22-10-15-17(20)24-26(4)18(15)23-19/h5-6,9-11,16,23H,7-8,21H2,1-4H3,(H2,20,24). The molecule has 0 aliphatic carbocycles. The van der Waals surface area contributed by atoms with Crippen molar-refractivity contribution in [3.8, 4) is 0 Å². The van der Waals surface area contributed by atoms with E-state index in [0.29, 0.717) is 17.8 Å². The lowest BCUT2D eigenvalue weighted by molar-refractivity contribution is 0.181. The Morgan fingerprint density at radius 1 is 1.31 bits per heavy atom. The Morgan fingerprint density at radius 3 is 2.81 bits per heavy atom. The molecule has 0 spiro atoms. The number of nitrogens with zero attached hydrogens (tertiary/aromatic N) is 4. The molecule has 4 rings (SSSR count). The number of rotatable bonds is 2. The fourth-order valence-corrected chi connectivity index (χ4v) is 4.24. The van der Waals surface area contributed by atoms with Crippen LogP contribution in [0.2, 0.25) is 0 Å². The topological polar surface area (TPSA) is 97.5 Å². The van der Waals surface area contributed by atoms with Gasteiger partial charge in [0.1, 0.15) is 5.82 Å². The van der Waals surface area contributed by atoms with Crippen LogP contribution in [0.1, 0.15) is 42.1 Å². The van der Waals surface area contributed by atoms with Crippen molar-refractivity contribution in [1.82, 2.24) is 14.7 Å². The van der Waals surface area contributed by atoms with Gasteiger partial charge >= 0.3 is 0 Å². The lowest BCUT2D eigenvalue weighted by Gasteiger charge is -2.39. The Bertz CT molecular complexity index is 882. The van der Waals surface area contributed by atoms with Gasteiger partial charge in [0.2, 0.25) is 5.79 Å². The number of hydrogen-bond donors (Lipinski definition) is 3. The van der Waals surface area contributed by atoms with Crippen LogP contribution in [0.5, 0.6) is 0 Å². The Hall–Kier alpha value is -2.38. The van der Waals surface area contributed by atoms with Gasteiger partial charge in [0, 0.05) is 31.4 Å². The van der Waals surface area contributed by atoms with Crippen LogP contribution in [-0.4, -0.2) is 34.5 Å². The number of aryl methyl sites for hydroxylation is 1. The smallest absolute Gasteiger partial charge is 0.210 e. The number of aromatic nitrogens is 2. The summed E-state index contributed by atoms with van der Waals surface area (Å²) >= 11 is 0. The van der Waals surface area contributed by atoms with Crippen molar-refractivity contribution >= 4 is 17.9 Å². The molecule has 3 heterocycles. The Kier molecular flexibility index (Phi) is 3.82. The lowest BCUT2D eigenvalue weighted by Crippen LogP contribution is -2.45. The lowest BCUT2D eigenvalue weighted by atomic mass is 9.84. The second kappa shape index (κ2) is 5.82. The summed E-state index contributed by atoms with van der Waals surface area (Å²) in [7, 11) is 4.04. The number of benzene rings is 1. The third-order valence-corrected chi connectivity index (χ3v) is 5.56. The normalized spacial score (nSPS) is 25.1. The van der Waals surface area contributed by atoms with E-state index in [-0.39, 0.29) is 0 Å².